The molecule has 0 spiro atoms. The minimum absolute atomic E-state index is 0.271. The van der Waals surface area contributed by atoms with Crippen LogP contribution in [-0.2, 0) is 12.8 Å². The number of para-hydroxylation sites is 1. The quantitative estimate of drug-likeness (QED) is 0.850. The predicted octanol–water partition coefficient (Wildman–Crippen LogP) is 3.55. The van der Waals surface area contributed by atoms with Gasteiger partial charge in [0.1, 0.15) is 11.5 Å². The molecule has 3 nitrogen and oxygen atoms in total. The van der Waals surface area contributed by atoms with Gasteiger partial charge in [-0.25, -0.2) is 0 Å². The molecule has 0 aliphatic carbocycles. The minimum atomic E-state index is 0.271. The van der Waals surface area contributed by atoms with Crippen LogP contribution in [0, 0.1) is 0 Å². The van der Waals surface area contributed by atoms with E-state index >= 15 is 0 Å². The Kier molecular flexibility index (Phi) is 5.84. The van der Waals surface area contributed by atoms with Crippen molar-refractivity contribution in [3.8, 4) is 11.5 Å². The summed E-state index contributed by atoms with van der Waals surface area (Å²) in [6.07, 6.45) is 1.82. The van der Waals surface area contributed by atoms with Gasteiger partial charge in [0.2, 0.25) is 0 Å². The van der Waals surface area contributed by atoms with Gasteiger partial charge in [0.05, 0.1) is 14.2 Å². The summed E-state index contributed by atoms with van der Waals surface area (Å²) in [5.74, 6) is 2.14. The van der Waals surface area contributed by atoms with Crippen molar-refractivity contribution in [2.75, 3.05) is 20.8 Å². The van der Waals surface area contributed by atoms with Crippen LogP contribution in [0.4, 0.5) is 0 Å². The second kappa shape index (κ2) is 7.85. The zero-order chi connectivity index (χ0) is 15.9. The largest absolute Gasteiger partial charge is 0.496 e. The van der Waals surface area contributed by atoms with Crippen molar-refractivity contribution in [2.24, 2.45) is 5.73 Å². The number of benzene rings is 2. The van der Waals surface area contributed by atoms with E-state index in [9.17, 15) is 0 Å². The Morgan fingerprint density at radius 1 is 0.955 bits per heavy atom. The summed E-state index contributed by atoms with van der Waals surface area (Å²) in [5, 5.41) is 0. The molecule has 2 aromatic carbocycles. The van der Waals surface area contributed by atoms with Crippen molar-refractivity contribution in [1.29, 1.82) is 0 Å². The summed E-state index contributed by atoms with van der Waals surface area (Å²) < 4.78 is 10.9. The molecule has 2 aromatic rings. The molecule has 0 heterocycles. The van der Waals surface area contributed by atoms with Crippen LogP contribution in [0.15, 0.2) is 42.5 Å². The van der Waals surface area contributed by atoms with Crippen LogP contribution in [0.3, 0.4) is 0 Å². The molecular weight excluding hydrogens is 274 g/mol. The summed E-state index contributed by atoms with van der Waals surface area (Å²) in [6, 6.07) is 14.5. The Morgan fingerprint density at radius 2 is 1.64 bits per heavy atom. The van der Waals surface area contributed by atoms with Crippen molar-refractivity contribution >= 4 is 0 Å². The Morgan fingerprint density at radius 3 is 2.27 bits per heavy atom. The molecule has 0 aliphatic heterocycles. The van der Waals surface area contributed by atoms with Crippen molar-refractivity contribution in [3.63, 3.8) is 0 Å². The summed E-state index contributed by atoms with van der Waals surface area (Å²) >= 11 is 0. The molecule has 0 saturated carbocycles. The van der Waals surface area contributed by atoms with Gasteiger partial charge in [-0.2, -0.15) is 0 Å². The van der Waals surface area contributed by atoms with Gasteiger partial charge < -0.3 is 15.2 Å². The van der Waals surface area contributed by atoms with Crippen LogP contribution >= 0.6 is 0 Å². The third kappa shape index (κ3) is 3.60. The third-order valence-corrected chi connectivity index (χ3v) is 4.10. The van der Waals surface area contributed by atoms with E-state index in [4.69, 9.17) is 15.2 Å². The van der Waals surface area contributed by atoms with Crippen LogP contribution in [0.2, 0.25) is 0 Å². The van der Waals surface area contributed by atoms with Crippen LogP contribution in [-0.4, -0.2) is 20.8 Å². The highest BCUT2D eigenvalue weighted by Gasteiger charge is 2.15. The fourth-order valence-corrected chi connectivity index (χ4v) is 2.80. The average Bonchev–Trinajstić information content (AvgIpc) is 2.59. The fourth-order valence-electron chi connectivity index (χ4n) is 2.80. The average molecular weight is 299 g/mol. The molecule has 0 amide bonds. The molecule has 22 heavy (non-hydrogen) atoms. The predicted molar refractivity (Wildman–Crippen MR) is 90.9 cm³/mol. The zero-order valence-electron chi connectivity index (χ0n) is 13.6. The van der Waals surface area contributed by atoms with Crippen molar-refractivity contribution < 1.29 is 9.47 Å². The second-order valence-corrected chi connectivity index (χ2v) is 5.37. The molecule has 3 heteroatoms. The van der Waals surface area contributed by atoms with Crippen molar-refractivity contribution in [2.45, 2.75) is 25.7 Å². The first-order valence-electron chi connectivity index (χ1n) is 7.72. The summed E-state index contributed by atoms with van der Waals surface area (Å²) in [6.45, 7) is 2.74. The van der Waals surface area contributed by atoms with Crippen molar-refractivity contribution in [1.82, 2.24) is 0 Å². The molecule has 0 aromatic heterocycles. The third-order valence-electron chi connectivity index (χ3n) is 4.10. The second-order valence-electron chi connectivity index (χ2n) is 5.37. The molecule has 118 valence electrons. The molecular formula is C19H25NO2. The van der Waals surface area contributed by atoms with E-state index < -0.39 is 0 Å². The van der Waals surface area contributed by atoms with Crippen molar-refractivity contribution in [3.05, 3.63) is 59.2 Å². The summed E-state index contributed by atoms with van der Waals surface area (Å²) in [7, 11) is 3.42. The standard InChI is InChI=1S/C19H25NO2/c1-4-14-11-15(9-10-19(14)22-3)17(13-20)12-16-7-5-6-8-18(16)21-2/h5-11,17H,4,12-13,20H2,1-3H3. The molecule has 0 saturated heterocycles. The smallest absolute Gasteiger partial charge is 0.122 e. The van der Waals surface area contributed by atoms with Gasteiger partial charge >= 0.3 is 0 Å². The van der Waals surface area contributed by atoms with E-state index in [1.54, 1.807) is 14.2 Å². The van der Waals surface area contributed by atoms with Gasteiger partial charge in [-0.15, -0.1) is 0 Å². The topological polar surface area (TPSA) is 44.5 Å². The van der Waals surface area contributed by atoms with E-state index in [0.717, 1.165) is 24.3 Å². The molecule has 0 aliphatic rings. The Hall–Kier alpha value is -2.00. The van der Waals surface area contributed by atoms with E-state index in [1.807, 2.05) is 24.3 Å². The van der Waals surface area contributed by atoms with E-state index in [2.05, 4.69) is 25.1 Å². The maximum atomic E-state index is 6.03. The highest BCUT2D eigenvalue weighted by atomic mass is 16.5. The van der Waals surface area contributed by atoms with Gasteiger partial charge in [0.25, 0.3) is 0 Å². The monoisotopic (exact) mass is 299 g/mol. The van der Waals surface area contributed by atoms with Gasteiger partial charge in [-0.1, -0.05) is 37.3 Å². The number of hydrogen-bond acceptors (Lipinski definition) is 3. The summed E-state index contributed by atoms with van der Waals surface area (Å²) in [5.41, 5.74) is 9.70. The normalized spacial score (nSPS) is 12.0. The maximum absolute atomic E-state index is 6.03. The van der Waals surface area contributed by atoms with E-state index in [1.165, 1.54) is 16.7 Å². The van der Waals surface area contributed by atoms with Crippen LogP contribution in [0.5, 0.6) is 11.5 Å². The molecule has 0 bridgehead atoms. The zero-order valence-corrected chi connectivity index (χ0v) is 13.6. The lowest BCUT2D eigenvalue weighted by atomic mass is 9.90. The van der Waals surface area contributed by atoms with Crippen LogP contribution in [0.1, 0.15) is 29.5 Å². The molecule has 0 radical (unpaired) electrons. The molecule has 2 rings (SSSR count). The molecule has 0 fully saturated rings. The summed E-state index contributed by atoms with van der Waals surface area (Å²) in [4.78, 5) is 0. The van der Waals surface area contributed by atoms with Crippen LogP contribution < -0.4 is 15.2 Å². The number of rotatable bonds is 7. The molecule has 2 N–H and O–H groups in total. The van der Waals surface area contributed by atoms with Gasteiger partial charge in [0.15, 0.2) is 0 Å². The highest BCUT2D eigenvalue weighted by molar-refractivity contribution is 5.40. The van der Waals surface area contributed by atoms with E-state index in [-0.39, 0.29) is 5.92 Å². The first kappa shape index (κ1) is 16.4. The number of ether oxygens (including phenoxy) is 2. The van der Waals surface area contributed by atoms with Gasteiger partial charge in [0, 0.05) is 5.92 Å². The first-order chi connectivity index (χ1) is 10.7. The SMILES string of the molecule is CCc1cc(C(CN)Cc2ccccc2OC)ccc1OC. The maximum Gasteiger partial charge on any atom is 0.122 e. The number of nitrogens with two attached hydrogens (primary N) is 1. The number of hydrogen-bond donors (Lipinski definition) is 1. The van der Waals surface area contributed by atoms with Crippen LogP contribution in [0.25, 0.3) is 0 Å². The first-order valence-corrected chi connectivity index (χ1v) is 7.72. The van der Waals surface area contributed by atoms with Gasteiger partial charge in [-0.05, 0) is 48.2 Å². The Bertz CT molecular complexity index is 610. The molecule has 1 atom stereocenters. The lowest BCUT2D eigenvalue weighted by Gasteiger charge is -2.19. The van der Waals surface area contributed by atoms with E-state index in [0.29, 0.717) is 6.54 Å². The lowest BCUT2D eigenvalue weighted by Crippen LogP contribution is -2.16. The van der Waals surface area contributed by atoms with Gasteiger partial charge in [-0.3, -0.25) is 0 Å². The number of methoxy groups -OCH3 is 2. The minimum Gasteiger partial charge on any atom is -0.496 e. The highest BCUT2D eigenvalue weighted by Crippen LogP contribution is 2.29. The lowest BCUT2D eigenvalue weighted by molar-refractivity contribution is 0.407. The Balaban J connectivity index is 2.28. The Labute approximate surface area is 133 Å². The number of aryl methyl sites for hydroxylation is 1. The fraction of sp³-hybridized carbons (Fsp3) is 0.368. The molecule has 1 unspecified atom stereocenters.